The molecule has 0 aromatic rings. The van der Waals surface area contributed by atoms with Gasteiger partial charge in [0, 0.05) is 24.7 Å². The number of sulfonamides is 1. The van der Waals surface area contributed by atoms with Gasteiger partial charge in [-0.3, -0.25) is 0 Å². The lowest BCUT2D eigenvalue weighted by molar-refractivity contribution is 0.352. The van der Waals surface area contributed by atoms with Crippen molar-refractivity contribution in [3.63, 3.8) is 0 Å². The van der Waals surface area contributed by atoms with Crippen molar-refractivity contribution in [2.24, 2.45) is 0 Å². The predicted molar refractivity (Wildman–Crippen MR) is 59.1 cm³/mol. The fraction of sp³-hybridized carbons (Fsp3) is 1.00. The van der Waals surface area contributed by atoms with Crippen LogP contribution in [0.3, 0.4) is 0 Å². The number of halogens is 1. The Morgan fingerprint density at radius 2 is 1.93 bits per heavy atom. The zero-order chi connectivity index (χ0) is 11.7. The Bertz CT molecular complexity index is 416. The fourth-order valence-corrected chi connectivity index (χ4v) is 5.47. The number of rotatable bonds is 3. The number of alkyl halides is 1. The van der Waals surface area contributed by atoms with E-state index in [1.165, 1.54) is 0 Å². The van der Waals surface area contributed by atoms with Crippen LogP contribution < -0.4 is 0 Å². The molecule has 1 saturated heterocycles. The SMILES string of the molecule is CS(=O)(=O)CS(=O)(=O)N1CCCC(Cl)C1. The van der Waals surface area contributed by atoms with Crippen molar-refractivity contribution >= 4 is 31.5 Å². The van der Waals surface area contributed by atoms with Crippen molar-refractivity contribution in [2.75, 3.05) is 24.4 Å². The van der Waals surface area contributed by atoms with E-state index in [2.05, 4.69) is 0 Å². The third-order valence-electron chi connectivity index (χ3n) is 2.08. The van der Waals surface area contributed by atoms with E-state index >= 15 is 0 Å². The summed E-state index contributed by atoms with van der Waals surface area (Å²) in [6.07, 6.45) is 2.36. The first-order valence-corrected chi connectivity index (χ1v) is 8.61. The molecule has 1 atom stereocenters. The molecule has 0 aromatic carbocycles. The first kappa shape index (κ1) is 13.2. The molecule has 0 amide bonds. The number of hydrogen-bond acceptors (Lipinski definition) is 4. The van der Waals surface area contributed by atoms with E-state index in [4.69, 9.17) is 11.6 Å². The summed E-state index contributed by atoms with van der Waals surface area (Å²) in [6, 6.07) is 0. The molecule has 0 aromatic heterocycles. The van der Waals surface area contributed by atoms with Gasteiger partial charge in [0.05, 0.1) is 0 Å². The Morgan fingerprint density at radius 3 is 2.40 bits per heavy atom. The Balaban J connectivity index is 2.78. The van der Waals surface area contributed by atoms with Gasteiger partial charge in [0.15, 0.2) is 14.9 Å². The lowest BCUT2D eigenvalue weighted by Gasteiger charge is -2.28. The first-order valence-electron chi connectivity index (χ1n) is 4.50. The molecule has 1 aliphatic heterocycles. The van der Waals surface area contributed by atoms with Crippen LogP contribution in [0.1, 0.15) is 12.8 Å². The van der Waals surface area contributed by atoms with Crippen LogP contribution in [0.15, 0.2) is 0 Å². The zero-order valence-electron chi connectivity index (χ0n) is 8.39. The Labute approximate surface area is 95.4 Å². The van der Waals surface area contributed by atoms with Gasteiger partial charge in [0.1, 0.15) is 0 Å². The highest BCUT2D eigenvalue weighted by Crippen LogP contribution is 2.18. The molecule has 0 spiro atoms. The average Bonchev–Trinajstić information content (AvgIpc) is 1.99. The topological polar surface area (TPSA) is 71.5 Å². The van der Waals surface area contributed by atoms with E-state index in [1.54, 1.807) is 0 Å². The van der Waals surface area contributed by atoms with Gasteiger partial charge in [-0.2, -0.15) is 4.31 Å². The van der Waals surface area contributed by atoms with Crippen molar-refractivity contribution in [2.45, 2.75) is 18.2 Å². The second kappa shape index (κ2) is 4.57. The predicted octanol–water partition coefficient (Wildman–Crippen LogP) is 0.0215. The third-order valence-corrected chi connectivity index (χ3v) is 6.46. The largest absolute Gasteiger partial charge is 0.228 e. The summed E-state index contributed by atoms with van der Waals surface area (Å²) in [5.41, 5.74) is 0. The molecule has 0 radical (unpaired) electrons. The van der Waals surface area contributed by atoms with E-state index in [-0.39, 0.29) is 11.9 Å². The Hall–Kier alpha value is 0.150. The lowest BCUT2D eigenvalue weighted by atomic mass is 10.2. The molecule has 8 heteroatoms. The summed E-state index contributed by atoms with van der Waals surface area (Å²) in [4.78, 5) is 0. The van der Waals surface area contributed by atoms with E-state index < -0.39 is 24.9 Å². The van der Waals surface area contributed by atoms with Crippen molar-refractivity contribution in [1.82, 2.24) is 4.31 Å². The van der Waals surface area contributed by atoms with Gasteiger partial charge in [-0.1, -0.05) is 0 Å². The van der Waals surface area contributed by atoms with E-state index in [1.807, 2.05) is 0 Å². The fourth-order valence-electron chi connectivity index (χ4n) is 1.49. The minimum Gasteiger partial charge on any atom is -0.228 e. The van der Waals surface area contributed by atoms with Gasteiger partial charge >= 0.3 is 0 Å². The molecule has 0 N–H and O–H groups in total. The number of sulfone groups is 1. The summed E-state index contributed by atoms with van der Waals surface area (Å²) in [6.45, 7) is 0.570. The molecule has 1 fully saturated rings. The van der Waals surface area contributed by atoms with Crippen LogP contribution in [0, 0.1) is 0 Å². The molecule has 90 valence electrons. The second-order valence-corrected chi connectivity index (χ2v) is 8.84. The Kier molecular flexibility index (Phi) is 4.02. The molecule has 15 heavy (non-hydrogen) atoms. The molecule has 0 bridgehead atoms. The number of nitrogens with zero attached hydrogens (tertiary/aromatic N) is 1. The summed E-state index contributed by atoms with van der Waals surface area (Å²) in [5, 5.41) is -1.04. The zero-order valence-corrected chi connectivity index (χ0v) is 10.8. The van der Waals surface area contributed by atoms with E-state index in [9.17, 15) is 16.8 Å². The Morgan fingerprint density at radius 1 is 1.33 bits per heavy atom. The van der Waals surface area contributed by atoms with Crippen LogP contribution in [0.2, 0.25) is 0 Å². The van der Waals surface area contributed by atoms with Gasteiger partial charge < -0.3 is 0 Å². The van der Waals surface area contributed by atoms with E-state index in [0.717, 1.165) is 17.0 Å². The summed E-state index contributed by atoms with van der Waals surface area (Å²) < 4.78 is 46.3. The van der Waals surface area contributed by atoms with Gasteiger partial charge in [-0.15, -0.1) is 11.6 Å². The van der Waals surface area contributed by atoms with Crippen molar-refractivity contribution in [3.05, 3.63) is 0 Å². The summed E-state index contributed by atoms with van der Waals surface area (Å²) >= 11 is 5.83. The van der Waals surface area contributed by atoms with Crippen LogP contribution in [-0.2, 0) is 19.9 Å². The van der Waals surface area contributed by atoms with Gasteiger partial charge in [-0.25, -0.2) is 16.8 Å². The monoisotopic (exact) mass is 275 g/mol. The van der Waals surface area contributed by atoms with Gasteiger partial charge in [0.2, 0.25) is 10.0 Å². The molecule has 1 heterocycles. The molecule has 1 rings (SSSR count). The highest BCUT2D eigenvalue weighted by molar-refractivity contribution is 8.06. The standard InChI is InChI=1S/C7H14ClNO4S2/c1-14(10,11)6-15(12,13)9-4-2-3-7(8)5-9/h7H,2-6H2,1H3. The van der Waals surface area contributed by atoms with Gasteiger partial charge in [-0.05, 0) is 12.8 Å². The van der Waals surface area contributed by atoms with Crippen molar-refractivity contribution in [3.8, 4) is 0 Å². The highest BCUT2D eigenvalue weighted by atomic mass is 35.5. The molecule has 5 nitrogen and oxygen atoms in total. The smallest absolute Gasteiger partial charge is 0.228 e. The van der Waals surface area contributed by atoms with Crippen LogP contribution >= 0.6 is 11.6 Å². The van der Waals surface area contributed by atoms with Crippen LogP contribution in [0.25, 0.3) is 0 Å². The molecule has 1 aliphatic rings. The molecular weight excluding hydrogens is 262 g/mol. The maximum atomic E-state index is 11.6. The molecule has 1 unspecified atom stereocenters. The van der Waals surface area contributed by atoms with Crippen molar-refractivity contribution < 1.29 is 16.8 Å². The average molecular weight is 276 g/mol. The van der Waals surface area contributed by atoms with Crippen LogP contribution in [0.4, 0.5) is 0 Å². The third kappa shape index (κ3) is 4.26. The lowest BCUT2D eigenvalue weighted by Crippen LogP contribution is -2.42. The van der Waals surface area contributed by atoms with Crippen molar-refractivity contribution in [1.29, 1.82) is 0 Å². The molecule has 0 saturated carbocycles. The summed E-state index contributed by atoms with van der Waals surface area (Å²) in [7, 11) is -7.23. The summed E-state index contributed by atoms with van der Waals surface area (Å²) in [5.74, 6) is 0. The van der Waals surface area contributed by atoms with E-state index in [0.29, 0.717) is 13.0 Å². The maximum absolute atomic E-state index is 11.6. The van der Waals surface area contributed by atoms with Crippen LogP contribution in [-0.4, -0.2) is 50.9 Å². The molecule has 0 aliphatic carbocycles. The van der Waals surface area contributed by atoms with Crippen LogP contribution in [0.5, 0.6) is 0 Å². The minimum atomic E-state index is -3.71. The second-order valence-electron chi connectivity index (χ2n) is 3.75. The maximum Gasteiger partial charge on any atom is 0.228 e. The molecular formula is C7H14ClNO4S2. The number of piperidine rings is 1. The van der Waals surface area contributed by atoms with Gasteiger partial charge in [0.25, 0.3) is 0 Å². The normalized spacial score (nSPS) is 25.3. The number of hydrogen-bond donors (Lipinski definition) is 0. The highest BCUT2D eigenvalue weighted by Gasteiger charge is 2.30. The first-order chi connectivity index (χ1) is 6.71. The minimum absolute atomic E-state index is 0.208. The quantitative estimate of drug-likeness (QED) is 0.681.